The van der Waals surface area contributed by atoms with Gasteiger partial charge in [-0.1, -0.05) is 0 Å². The lowest BCUT2D eigenvalue weighted by Gasteiger charge is -2.34. The SMILES string of the molecule is COCC(=O)N1CCC2NCCC2C1. The van der Waals surface area contributed by atoms with Crippen LogP contribution in [0.3, 0.4) is 0 Å². The molecule has 1 N–H and O–H groups in total. The number of nitrogens with zero attached hydrogens (tertiary/aromatic N) is 1. The number of carbonyl (C=O) groups is 1. The Hall–Kier alpha value is -0.610. The fraction of sp³-hybridized carbons (Fsp3) is 0.900. The fourth-order valence-electron chi connectivity index (χ4n) is 2.49. The molecular weight excluding hydrogens is 180 g/mol. The van der Waals surface area contributed by atoms with Crippen molar-refractivity contribution in [2.24, 2.45) is 5.92 Å². The zero-order valence-corrected chi connectivity index (χ0v) is 8.66. The normalized spacial score (nSPS) is 31.6. The van der Waals surface area contributed by atoms with E-state index < -0.39 is 0 Å². The highest BCUT2D eigenvalue weighted by molar-refractivity contribution is 5.77. The van der Waals surface area contributed by atoms with E-state index in [0.29, 0.717) is 12.0 Å². The Kier molecular flexibility index (Phi) is 3.03. The van der Waals surface area contributed by atoms with E-state index in [0.717, 1.165) is 26.1 Å². The van der Waals surface area contributed by atoms with Crippen molar-refractivity contribution in [2.45, 2.75) is 18.9 Å². The lowest BCUT2D eigenvalue weighted by Crippen LogP contribution is -2.47. The van der Waals surface area contributed by atoms with Crippen LogP contribution in [0.5, 0.6) is 0 Å². The van der Waals surface area contributed by atoms with Crippen molar-refractivity contribution in [3.63, 3.8) is 0 Å². The first-order chi connectivity index (χ1) is 6.81. The monoisotopic (exact) mass is 198 g/mol. The Morgan fingerprint density at radius 2 is 2.43 bits per heavy atom. The van der Waals surface area contributed by atoms with Crippen LogP contribution in [0.4, 0.5) is 0 Å². The number of rotatable bonds is 2. The molecule has 1 amide bonds. The number of hydrogen-bond acceptors (Lipinski definition) is 3. The number of methoxy groups -OCH3 is 1. The molecule has 0 radical (unpaired) electrons. The van der Waals surface area contributed by atoms with E-state index in [1.807, 2.05) is 4.90 Å². The van der Waals surface area contributed by atoms with Crippen LogP contribution in [0, 0.1) is 5.92 Å². The van der Waals surface area contributed by atoms with Crippen LogP contribution in [-0.2, 0) is 9.53 Å². The van der Waals surface area contributed by atoms with Crippen LogP contribution < -0.4 is 5.32 Å². The minimum absolute atomic E-state index is 0.137. The van der Waals surface area contributed by atoms with Crippen LogP contribution in [-0.4, -0.2) is 50.2 Å². The van der Waals surface area contributed by atoms with E-state index in [1.54, 1.807) is 7.11 Å². The van der Waals surface area contributed by atoms with Gasteiger partial charge in [0.2, 0.25) is 5.91 Å². The molecule has 0 saturated carbocycles. The molecule has 4 nitrogen and oxygen atoms in total. The van der Waals surface area contributed by atoms with Gasteiger partial charge < -0.3 is 15.0 Å². The van der Waals surface area contributed by atoms with E-state index in [2.05, 4.69) is 5.32 Å². The standard InChI is InChI=1S/C10H18N2O2/c1-14-7-10(13)12-5-3-9-8(6-12)2-4-11-9/h8-9,11H,2-7H2,1H3. The summed E-state index contributed by atoms with van der Waals surface area (Å²) in [6.07, 6.45) is 2.31. The van der Waals surface area contributed by atoms with Crippen molar-refractivity contribution in [1.29, 1.82) is 0 Å². The highest BCUT2D eigenvalue weighted by atomic mass is 16.5. The third kappa shape index (κ3) is 1.91. The predicted molar refractivity (Wildman–Crippen MR) is 53.0 cm³/mol. The average Bonchev–Trinajstić information content (AvgIpc) is 2.64. The molecule has 0 bridgehead atoms. The predicted octanol–water partition coefficient (Wildman–Crippen LogP) is -0.157. The second-order valence-electron chi connectivity index (χ2n) is 4.17. The molecule has 2 atom stereocenters. The largest absolute Gasteiger partial charge is 0.375 e. The van der Waals surface area contributed by atoms with Gasteiger partial charge in [0.05, 0.1) is 0 Å². The van der Waals surface area contributed by atoms with Gasteiger partial charge in [-0.25, -0.2) is 0 Å². The number of ether oxygens (including phenoxy) is 1. The van der Waals surface area contributed by atoms with Crippen molar-refractivity contribution in [2.75, 3.05) is 33.4 Å². The first-order valence-electron chi connectivity index (χ1n) is 5.31. The van der Waals surface area contributed by atoms with E-state index in [4.69, 9.17) is 4.74 Å². The maximum Gasteiger partial charge on any atom is 0.248 e. The minimum atomic E-state index is 0.137. The summed E-state index contributed by atoms with van der Waals surface area (Å²) in [4.78, 5) is 13.5. The van der Waals surface area contributed by atoms with Gasteiger partial charge in [0.1, 0.15) is 6.61 Å². The lowest BCUT2D eigenvalue weighted by atomic mass is 9.93. The van der Waals surface area contributed by atoms with Gasteiger partial charge in [0.25, 0.3) is 0 Å². The van der Waals surface area contributed by atoms with Crippen LogP contribution in [0.2, 0.25) is 0 Å². The lowest BCUT2D eigenvalue weighted by molar-refractivity contribution is -0.137. The molecule has 0 spiro atoms. The maximum absolute atomic E-state index is 11.6. The summed E-state index contributed by atoms with van der Waals surface area (Å²) in [5.41, 5.74) is 0. The number of piperidine rings is 1. The third-order valence-corrected chi connectivity index (χ3v) is 3.28. The Balaban J connectivity index is 1.87. The zero-order chi connectivity index (χ0) is 9.97. The molecular formula is C10H18N2O2. The molecule has 2 heterocycles. The molecule has 4 heteroatoms. The van der Waals surface area contributed by atoms with Crippen molar-refractivity contribution < 1.29 is 9.53 Å². The van der Waals surface area contributed by atoms with Crippen LogP contribution in [0.25, 0.3) is 0 Å². The number of nitrogens with one attached hydrogen (secondary N) is 1. The fourth-order valence-corrected chi connectivity index (χ4v) is 2.49. The second kappa shape index (κ2) is 4.28. The topological polar surface area (TPSA) is 41.6 Å². The Bertz CT molecular complexity index is 220. The Morgan fingerprint density at radius 1 is 1.57 bits per heavy atom. The minimum Gasteiger partial charge on any atom is -0.375 e. The van der Waals surface area contributed by atoms with E-state index in [9.17, 15) is 4.79 Å². The van der Waals surface area contributed by atoms with Gasteiger partial charge in [-0.2, -0.15) is 0 Å². The van der Waals surface area contributed by atoms with E-state index >= 15 is 0 Å². The van der Waals surface area contributed by atoms with Crippen molar-refractivity contribution in [3.8, 4) is 0 Å². The quantitative estimate of drug-likeness (QED) is 0.670. The van der Waals surface area contributed by atoms with Gasteiger partial charge in [-0.15, -0.1) is 0 Å². The van der Waals surface area contributed by atoms with Gasteiger partial charge in [-0.05, 0) is 25.3 Å². The summed E-state index contributed by atoms with van der Waals surface area (Å²) in [6, 6.07) is 0.654. The summed E-state index contributed by atoms with van der Waals surface area (Å²) in [5, 5.41) is 3.48. The molecule has 2 aliphatic heterocycles. The number of amides is 1. The molecule has 0 aliphatic carbocycles. The number of hydrogen-bond donors (Lipinski definition) is 1. The number of fused-ring (bicyclic) bond motifs is 1. The molecule has 0 aromatic heterocycles. The van der Waals surface area contributed by atoms with Crippen molar-refractivity contribution in [1.82, 2.24) is 10.2 Å². The van der Waals surface area contributed by atoms with Crippen molar-refractivity contribution in [3.05, 3.63) is 0 Å². The molecule has 0 aromatic rings. The summed E-state index contributed by atoms with van der Waals surface area (Å²) < 4.78 is 4.86. The molecule has 14 heavy (non-hydrogen) atoms. The average molecular weight is 198 g/mol. The van der Waals surface area contributed by atoms with Crippen molar-refractivity contribution >= 4 is 5.91 Å². The molecule has 0 aromatic carbocycles. The summed E-state index contributed by atoms with van der Waals surface area (Å²) in [5.74, 6) is 0.808. The molecule has 2 fully saturated rings. The van der Waals surface area contributed by atoms with E-state index in [-0.39, 0.29) is 12.5 Å². The Labute approximate surface area is 84.6 Å². The maximum atomic E-state index is 11.6. The molecule has 2 aliphatic rings. The smallest absolute Gasteiger partial charge is 0.248 e. The zero-order valence-electron chi connectivity index (χ0n) is 8.66. The summed E-state index contributed by atoms with van der Waals surface area (Å²) in [6.45, 7) is 3.14. The molecule has 80 valence electrons. The van der Waals surface area contributed by atoms with Gasteiger partial charge in [-0.3, -0.25) is 4.79 Å². The van der Waals surface area contributed by atoms with Gasteiger partial charge in [0.15, 0.2) is 0 Å². The first-order valence-corrected chi connectivity index (χ1v) is 5.31. The molecule has 2 saturated heterocycles. The Morgan fingerprint density at radius 3 is 3.21 bits per heavy atom. The first kappa shape index (κ1) is 9.93. The van der Waals surface area contributed by atoms with Gasteiger partial charge in [0, 0.05) is 26.2 Å². The molecule has 2 unspecified atom stereocenters. The number of carbonyl (C=O) groups excluding carboxylic acids is 1. The summed E-state index contributed by atoms with van der Waals surface area (Å²) >= 11 is 0. The summed E-state index contributed by atoms with van der Waals surface area (Å²) in [7, 11) is 1.57. The second-order valence-corrected chi connectivity index (χ2v) is 4.17. The number of likely N-dealkylation sites (tertiary alicyclic amines) is 1. The molecule has 2 rings (SSSR count). The third-order valence-electron chi connectivity index (χ3n) is 3.28. The van der Waals surface area contributed by atoms with Gasteiger partial charge >= 0.3 is 0 Å². The van der Waals surface area contributed by atoms with Crippen LogP contribution in [0.1, 0.15) is 12.8 Å². The van der Waals surface area contributed by atoms with Crippen LogP contribution >= 0.6 is 0 Å². The highest BCUT2D eigenvalue weighted by Gasteiger charge is 2.33. The highest BCUT2D eigenvalue weighted by Crippen LogP contribution is 2.24. The van der Waals surface area contributed by atoms with Crippen LogP contribution in [0.15, 0.2) is 0 Å². The van der Waals surface area contributed by atoms with E-state index in [1.165, 1.54) is 6.42 Å².